The highest BCUT2D eigenvalue weighted by Gasteiger charge is 2.04. The van der Waals surface area contributed by atoms with Crippen LogP contribution in [0.3, 0.4) is 0 Å². The smallest absolute Gasteiger partial charge is 0.319 e. The van der Waals surface area contributed by atoms with Gasteiger partial charge in [-0.15, -0.1) is 0 Å². The maximum Gasteiger partial charge on any atom is 0.319 e. The first kappa shape index (κ1) is 15.3. The number of urea groups is 1. The second-order valence-corrected chi connectivity index (χ2v) is 4.11. The quantitative estimate of drug-likeness (QED) is 0.692. The van der Waals surface area contributed by atoms with Crippen LogP contribution in [-0.2, 0) is 4.74 Å². The van der Waals surface area contributed by atoms with Crippen LogP contribution < -0.4 is 21.1 Å². The Morgan fingerprint density at radius 1 is 1.32 bits per heavy atom. The number of methoxy groups -OCH3 is 2. The highest BCUT2D eigenvalue weighted by molar-refractivity contribution is 5.89. The van der Waals surface area contributed by atoms with E-state index in [2.05, 4.69) is 10.6 Å². The molecule has 0 aromatic heterocycles. The molecule has 0 aliphatic carbocycles. The van der Waals surface area contributed by atoms with Gasteiger partial charge < -0.3 is 25.8 Å². The van der Waals surface area contributed by atoms with Crippen molar-refractivity contribution in [3.8, 4) is 5.75 Å². The monoisotopic (exact) mass is 267 g/mol. The van der Waals surface area contributed by atoms with Gasteiger partial charge in [-0.2, -0.15) is 0 Å². The Morgan fingerprint density at radius 2 is 2.00 bits per heavy atom. The van der Waals surface area contributed by atoms with E-state index in [1.807, 2.05) is 0 Å². The van der Waals surface area contributed by atoms with Crippen LogP contribution in [0.1, 0.15) is 6.42 Å². The Bertz CT molecular complexity index is 381. The second kappa shape index (κ2) is 8.34. The van der Waals surface area contributed by atoms with Gasteiger partial charge in [0.05, 0.1) is 13.7 Å². The summed E-state index contributed by atoms with van der Waals surface area (Å²) in [6, 6.07) is 6.79. The summed E-state index contributed by atoms with van der Waals surface area (Å²) in [6.07, 6.45) is 0.671. The van der Waals surface area contributed by atoms with Crippen LogP contribution in [0.25, 0.3) is 0 Å². The lowest BCUT2D eigenvalue weighted by atomic mass is 10.2. The Balaban J connectivity index is 2.26. The van der Waals surface area contributed by atoms with Crippen LogP contribution in [0, 0.1) is 0 Å². The molecule has 0 radical (unpaired) electrons. The molecule has 6 nitrogen and oxygen atoms in total. The number of nitrogens with one attached hydrogen (secondary N) is 2. The van der Waals surface area contributed by atoms with Gasteiger partial charge in [0.2, 0.25) is 0 Å². The normalized spacial score (nSPS) is 11.7. The van der Waals surface area contributed by atoms with E-state index in [9.17, 15) is 4.79 Å². The molecule has 0 fully saturated rings. The minimum Gasteiger partial charge on any atom is -0.497 e. The summed E-state index contributed by atoms with van der Waals surface area (Å²) in [5.41, 5.74) is 6.45. The molecule has 0 spiro atoms. The zero-order valence-electron chi connectivity index (χ0n) is 11.3. The number of benzene rings is 1. The van der Waals surface area contributed by atoms with Crippen LogP contribution in [0.5, 0.6) is 5.75 Å². The second-order valence-electron chi connectivity index (χ2n) is 4.11. The standard InChI is InChI=1S/C13H21N3O3/c1-18-9-10(14)7-8-15-13(17)16-11-3-5-12(19-2)6-4-11/h3-6,10H,7-9,14H2,1-2H3,(H2,15,16,17). The first-order valence-electron chi connectivity index (χ1n) is 6.09. The first-order valence-corrected chi connectivity index (χ1v) is 6.09. The van der Waals surface area contributed by atoms with Gasteiger partial charge in [-0.25, -0.2) is 4.79 Å². The molecule has 106 valence electrons. The molecule has 19 heavy (non-hydrogen) atoms. The van der Waals surface area contributed by atoms with Gasteiger partial charge in [0.1, 0.15) is 5.75 Å². The molecular formula is C13H21N3O3. The summed E-state index contributed by atoms with van der Waals surface area (Å²) in [5.74, 6) is 0.747. The molecule has 6 heteroatoms. The van der Waals surface area contributed by atoms with Crippen LogP contribution >= 0.6 is 0 Å². The molecule has 1 aromatic rings. The minimum atomic E-state index is -0.255. The van der Waals surface area contributed by atoms with E-state index < -0.39 is 0 Å². The summed E-state index contributed by atoms with van der Waals surface area (Å²) in [7, 11) is 3.20. The van der Waals surface area contributed by atoms with Gasteiger partial charge in [-0.1, -0.05) is 0 Å². The van der Waals surface area contributed by atoms with Crippen molar-refractivity contribution < 1.29 is 14.3 Å². The summed E-state index contributed by atoms with van der Waals surface area (Å²) >= 11 is 0. The fourth-order valence-corrected chi connectivity index (χ4v) is 1.52. The third kappa shape index (κ3) is 6.08. The third-order valence-electron chi connectivity index (χ3n) is 2.53. The largest absolute Gasteiger partial charge is 0.497 e. The molecule has 1 rings (SSSR count). The van der Waals surface area contributed by atoms with Crippen molar-refractivity contribution in [2.24, 2.45) is 5.73 Å². The Kier molecular flexibility index (Phi) is 6.70. The number of rotatable bonds is 7. The third-order valence-corrected chi connectivity index (χ3v) is 2.53. The van der Waals surface area contributed by atoms with E-state index in [0.717, 1.165) is 5.75 Å². The fraction of sp³-hybridized carbons (Fsp3) is 0.462. The Hall–Kier alpha value is -1.79. The number of carbonyl (C=O) groups is 1. The number of hydrogen-bond donors (Lipinski definition) is 3. The average molecular weight is 267 g/mol. The topological polar surface area (TPSA) is 85.6 Å². The maximum atomic E-state index is 11.6. The molecule has 0 aliphatic rings. The molecule has 0 aliphatic heterocycles. The molecule has 1 atom stereocenters. The molecule has 0 bridgehead atoms. The highest BCUT2D eigenvalue weighted by Crippen LogP contribution is 2.14. The van der Waals surface area contributed by atoms with Crippen molar-refractivity contribution in [2.75, 3.05) is 32.7 Å². The van der Waals surface area contributed by atoms with E-state index in [0.29, 0.717) is 25.3 Å². The molecule has 0 saturated heterocycles. The van der Waals surface area contributed by atoms with Crippen molar-refractivity contribution in [3.63, 3.8) is 0 Å². The zero-order chi connectivity index (χ0) is 14.1. The van der Waals surface area contributed by atoms with Crippen LogP contribution in [-0.4, -0.2) is 39.4 Å². The lowest BCUT2D eigenvalue weighted by Crippen LogP contribution is -2.34. The molecule has 0 saturated carbocycles. The van der Waals surface area contributed by atoms with Gasteiger partial charge in [-0.05, 0) is 30.7 Å². The van der Waals surface area contributed by atoms with E-state index in [1.54, 1.807) is 38.5 Å². The van der Waals surface area contributed by atoms with Gasteiger partial charge in [0.15, 0.2) is 0 Å². The van der Waals surface area contributed by atoms with Crippen LogP contribution in [0.15, 0.2) is 24.3 Å². The molecule has 1 unspecified atom stereocenters. The van der Waals surface area contributed by atoms with Gasteiger partial charge in [0, 0.05) is 25.4 Å². The highest BCUT2D eigenvalue weighted by atomic mass is 16.5. The maximum absolute atomic E-state index is 11.6. The fourth-order valence-electron chi connectivity index (χ4n) is 1.52. The molecule has 4 N–H and O–H groups in total. The van der Waals surface area contributed by atoms with Gasteiger partial charge >= 0.3 is 6.03 Å². The van der Waals surface area contributed by atoms with Crippen molar-refractivity contribution in [1.82, 2.24) is 5.32 Å². The van der Waals surface area contributed by atoms with Crippen molar-refractivity contribution in [3.05, 3.63) is 24.3 Å². The molecule has 1 aromatic carbocycles. The number of amides is 2. The van der Waals surface area contributed by atoms with Crippen molar-refractivity contribution in [1.29, 1.82) is 0 Å². The number of nitrogens with two attached hydrogens (primary N) is 1. The lowest BCUT2D eigenvalue weighted by molar-refractivity contribution is 0.177. The molecule has 2 amide bonds. The van der Waals surface area contributed by atoms with Crippen LogP contribution in [0.4, 0.5) is 10.5 Å². The van der Waals surface area contributed by atoms with Crippen molar-refractivity contribution in [2.45, 2.75) is 12.5 Å². The minimum absolute atomic E-state index is 0.0636. The summed E-state index contributed by atoms with van der Waals surface area (Å²) in [4.78, 5) is 11.6. The summed E-state index contributed by atoms with van der Waals surface area (Å²) in [5, 5.41) is 5.45. The Labute approximate surface area is 113 Å². The van der Waals surface area contributed by atoms with E-state index in [1.165, 1.54) is 0 Å². The van der Waals surface area contributed by atoms with Gasteiger partial charge in [-0.3, -0.25) is 0 Å². The predicted octanol–water partition coefficient (Wildman–Crippen LogP) is 1.18. The van der Waals surface area contributed by atoms with E-state index in [-0.39, 0.29) is 12.1 Å². The van der Waals surface area contributed by atoms with E-state index >= 15 is 0 Å². The lowest BCUT2D eigenvalue weighted by Gasteiger charge is -2.11. The van der Waals surface area contributed by atoms with Crippen LogP contribution in [0.2, 0.25) is 0 Å². The number of anilines is 1. The average Bonchev–Trinajstić information content (AvgIpc) is 2.40. The number of carbonyl (C=O) groups excluding carboxylic acids is 1. The summed E-state index contributed by atoms with van der Waals surface area (Å²) < 4.78 is 9.95. The molecular weight excluding hydrogens is 246 g/mol. The Morgan fingerprint density at radius 3 is 2.58 bits per heavy atom. The number of ether oxygens (including phenoxy) is 2. The summed E-state index contributed by atoms with van der Waals surface area (Å²) in [6.45, 7) is 0.994. The zero-order valence-corrected chi connectivity index (χ0v) is 11.3. The SMILES string of the molecule is COCC(N)CCNC(=O)Nc1ccc(OC)cc1. The van der Waals surface area contributed by atoms with E-state index in [4.69, 9.17) is 15.2 Å². The molecule has 0 heterocycles. The van der Waals surface area contributed by atoms with Crippen molar-refractivity contribution >= 4 is 11.7 Å². The predicted molar refractivity (Wildman–Crippen MR) is 74.5 cm³/mol. The van der Waals surface area contributed by atoms with Gasteiger partial charge in [0.25, 0.3) is 0 Å². The first-order chi connectivity index (χ1) is 9.15. The number of hydrogen-bond acceptors (Lipinski definition) is 4.